The molecule has 1 fully saturated rings. The number of hydrogen-bond acceptors (Lipinski definition) is 6. The van der Waals surface area contributed by atoms with E-state index in [1.54, 1.807) is 41.7 Å². The smallest absolute Gasteiger partial charge is 0.256 e. The Morgan fingerprint density at radius 2 is 1.82 bits per heavy atom. The van der Waals surface area contributed by atoms with E-state index in [1.165, 1.54) is 21.9 Å². The molecule has 0 saturated carbocycles. The Morgan fingerprint density at radius 1 is 1.03 bits per heavy atom. The number of anilines is 1. The summed E-state index contributed by atoms with van der Waals surface area (Å²) in [4.78, 5) is 42.1. The SMILES string of the molecule is O=C1Nc2ccc(-c3ccsc3)cc2C(=O)N2CCN(C(=O)CS(=O)(=O)c3ccccc3)C[C@@H]12. The summed E-state index contributed by atoms with van der Waals surface area (Å²) in [5.41, 5.74) is 2.68. The number of thiophene rings is 1. The predicted octanol–water partition coefficient (Wildman–Crippen LogP) is 2.49. The zero-order valence-corrected chi connectivity index (χ0v) is 19.6. The van der Waals surface area contributed by atoms with E-state index in [4.69, 9.17) is 0 Å². The highest BCUT2D eigenvalue weighted by Crippen LogP contribution is 2.31. The van der Waals surface area contributed by atoms with Gasteiger partial charge in [0.2, 0.25) is 11.8 Å². The van der Waals surface area contributed by atoms with Crippen molar-refractivity contribution in [3.8, 4) is 11.1 Å². The van der Waals surface area contributed by atoms with Crippen molar-refractivity contribution in [3.05, 3.63) is 70.9 Å². The fraction of sp³-hybridized carbons (Fsp3) is 0.208. The minimum Gasteiger partial charge on any atom is -0.337 e. The van der Waals surface area contributed by atoms with E-state index in [2.05, 4.69) is 5.32 Å². The van der Waals surface area contributed by atoms with Crippen LogP contribution in [-0.2, 0) is 19.4 Å². The number of carbonyl (C=O) groups is 3. The lowest BCUT2D eigenvalue weighted by molar-refractivity contribution is -0.133. The van der Waals surface area contributed by atoms with Crippen LogP contribution in [0.3, 0.4) is 0 Å². The average molecular weight is 496 g/mol. The normalized spacial score (nSPS) is 18.1. The van der Waals surface area contributed by atoms with Gasteiger partial charge in [0.05, 0.1) is 22.7 Å². The molecule has 3 aromatic rings. The van der Waals surface area contributed by atoms with E-state index in [0.29, 0.717) is 11.3 Å². The molecule has 1 aromatic heterocycles. The van der Waals surface area contributed by atoms with Crippen molar-refractivity contribution in [2.75, 3.05) is 30.7 Å². The molecule has 5 rings (SSSR count). The number of rotatable bonds is 4. The number of sulfone groups is 1. The molecule has 1 N–H and O–H groups in total. The second-order valence-electron chi connectivity index (χ2n) is 8.19. The summed E-state index contributed by atoms with van der Waals surface area (Å²) in [6, 6.07) is 14.2. The molecule has 174 valence electrons. The fourth-order valence-electron chi connectivity index (χ4n) is 4.25. The Labute approximate surface area is 200 Å². The molecule has 2 aliphatic rings. The molecule has 0 bridgehead atoms. The van der Waals surface area contributed by atoms with Crippen molar-refractivity contribution < 1.29 is 22.8 Å². The highest BCUT2D eigenvalue weighted by Gasteiger charge is 2.41. The van der Waals surface area contributed by atoms with Crippen LogP contribution in [0.5, 0.6) is 0 Å². The van der Waals surface area contributed by atoms with Gasteiger partial charge in [0.1, 0.15) is 11.8 Å². The number of amides is 3. The molecule has 0 radical (unpaired) electrons. The molecule has 3 amide bonds. The first-order chi connectivity index (χ1) is 16.3. The first-order valence-corrected chi connectivity index (χ1v) is 13.3. The molecule has 0 unspecified atom stereocenters. The van der Waals surface area contributed by atoms with Gasteiger partial charge in [-0.2, -0.15) is 11.3 Å². The lowest BCUT2D eigenvalue weighted by Gasteiger charge is -2.39. The summed E-state index contributed by atoms with van der Waals surface area (Å²) < 4.78 is 25.3. The minimum absolute atomic E-state index is 0.0634. The predicted molar refractivity (Wildman–Crippen MR) is 128 cm³/mol. The van der Waals surface area contributed by atoms with Gasteiger partial charge in [-0.1, -0.05) is 24.3 Å². The molecule has 8 nitrogen and oxygen atoms in total. The van der Waals surface area contributed by atoms with E-state index < -0.39 is 33.4 Å². The van der Waals surface area contributed by atoms with Crippen molar-refractivity contribution in [3.63, 3.8) is 0 Å². The summed E-state index contributed by atoms with van der Waals surface area (Å²) in [5, 5.41) is 6.74. The van der Waals surface area contributed by atoms with Gasteiger partial charge in [-0.05, 0) is 52.2 Å². The van der Waals surface area contributed by atoms with Gasteiger partial charge >= 0.3 is 0 Å². The largest absolute Gasteiger partial charge is 0.337 e. The van der Waals surface area contributed by atoms with Crippen LogP contribution >= 0.6 is 11.3 Å². The number of nitrogens with zero attached hydrogens (tertiary/aromatic N) is 2. The molecule has 0 spiro atoms. The van der Waals surface area contributed by atoms with E-state index in [9.17, 15) is 22.8 Å². The number of fused-ring (bicyclic) bond motifs is 2. The maximum absolute atomic E-state index is 13.4. The lowest BCUT2D eigenvalue weighted by Crippen LogP contribution is -2.60. The standard InChI is InChI=1S/C24H21N3O5S2/c28-22(15-34(31,32)18-4-2-1-3-5-18)26-9-10-27-21(13-26)23(29)25-20-7-6-16(12-19(20)24(27)30)17-8-11-33-14-17/h1-8,11-12,14,21H,9-10,13,15H2,(H,25,29)/t21-/m0/s1. The van der Waals surface area contributed by atoms with Gasteiger partial charge in [0.25, 0.3) is 5.91 Å². The van der Waals surface area contributed by atoms with E-state index in [-0.39, 0.29) is 30.4 Å². The Hall–Kier alpha value is -3.50. The minimum atomic E-state index is -3.81. The van der Waals surface area contributed by atoms with E-state index >= 15 is 0 Å². The maximum Gasteiger partial charge on any atom is 0.256 e. The van der Waals surface area contributed by atoms with Crippen molar-refractivity contribution in [2.45, 2.75) is 10.9 Å². The second kappa shape index (κ2) is 8.69. The molecular weight excluding hydrogens is 474 g/mol. The molecule has 10 heteroatoms. The summed E-state index contributed by atoms with van der Waals surface area (Å²) in [7, 11) is -3.81. The quantitative estimate of drug-likeness (QED) is 0.599. The zero-order valence-electron chi connectivity index (χ0n) is 18.0. The first kappa shape index (κ1) is 22.3. The van der Waals surface area contributed by atoms with Gasteiger partial charge in [-0.15, -0.1) is 0 Å². The lowest BCUT2D eigenvalue weighted by atomic mass is 10.0. The third-order valence-corrected chi connectivity index (χ3v) is 8.38. The molecule has 34 heavy (non-hydrogen) atoms. The monoisotopic (exact) mass is 495 g/mol. The highest BCUT2D eigenvalue weighted by molar-refractivity contribution is 7.92. The summed E-state index contributed by atoms with van der Waals surface area (Å²) in [6.07, 6.45) is 0. The van der Waals surface area contributed by atoms with Crippen LogP contribution in [0.1, 0.15) is 10.4 Å². The Bertz CT molecular complexity index is 1370. The summed E-state index contributed by atoms with van der Waals surface area (Å²) in [5.74, 6) is -1.98. The molecular formula is C24H21N3O5S2. The van der Waals surface area contributed by atoms with Gasteiger partial charge in [0.15, 0.2) is 9.84 Å². The van der Waals surface area contributed by atoms with E-state index in [0.717, 1.165) is 11.1 Å². The molecule has 3 heterocycles. The third kappa shape index (κ3) is 4.10. The number of carbonyl (C=O) groups excluding carboxylic acids is 3. The van der Waals surface area contributed by atoms with Crippen LogP contribution in [0.4, 0.5) is 5.69 Å². The number of hydrogen-bond donors (Lipinski definition) is 1. The van der Waals surface area contributed by atoms with Gasteiger partial charge < -0.3 is 15.1 Å². The van der Waals surface area contributed by atoms with Crippen molar-refractivity contribution in [2.24, 2.45) is 0 Å². The highest BCUT2D eigenvalue weighted by atomic mass is 32.2. The van der Waals surface area contributed by atoms with Crippen molar-refractivity contribution >= 4 is 44.6 Å². The average Bonchev–Trinajstić information content (AvgIpc) is 3.36. The van der Waals surface area contributed by atoms with Crippen LogP contribution in [0.25, 0.3) is 11.1 Å². The van der Waals surface area contributed by atoms with Crippen LogP contribution in [0.2, 0.25) is 0 Å². The number of nitrogens with one attached hydrogen (secondary N) is 1. The Morgan fingerprint density at radius 3 is 2.56 bits per heavy atom. The summed E-state index contributed by atoms with van der Waals surface area (Å²) >= 11 is 1.56. The summed E-state index contributed by atoms with van der Waals surface area (Å²) in [6.45, 7) is 0.223. The molecule has 0 aliphatic carbocycles. The van der Waals surface area contributed by atoms with Crippen molar-refractivity contribution in [1.82, 2.24) is 9.80 Å². The zero-order chi connectivity index (χ0) is 23.9. The van der Waals surface area contributed by atoms with Crippen LogP contribution in [0.15, 0.2) is 70.3 Å². The van der Waals surface area contributed by atoms with Gasteiger partial charge in [-0.25, -0.2) is 8.42 Å². The third-order valence-electron chi connectivity index (χ3n) is 6.07. The molecule has 2 aromatic carbocycles. The second-order valence-corrected chi connectivity index (χ2v) is 11.0. The first-order valence-electron chi connectivity index (χ1n) is 10.7. The van der Waals surface area contributed by atoms with Gasteiger partial charge in [-0.3, -0.25) is 14.4 Å². The van der Waals surface area contributed by atoms with Crippen LogP contribution in [0, 0.1) is 0 Å². The van der Waals surface area contributed by atoms with Crippen LogP contribution < -0.4 is 5.32 Å². The number of piperazine rings is 1. The molecule has 1 atom stereocenters. The maximum atomic E-state index is 13.4. The number of benzene rings is 2. The Kier molecular flexibility index (Phi) is 5.70. The topological polar surface area (TPSA) is 104 Å². The van der Waals surface area contributed by atoms with Gasteiger partial charge in [0, 0.05) is 13.1 Å². The van der Waals surface area contributed by atoms with Crippen LogP contribution in [-0.4, -0.2) is 67.4 Å². The fourth-order valence-corrected chi connectivity index (χ4v) is 6.16. The van der Waals surface area contributed by atoms with Crippen molar-refractivity contribution in [1.29, 1.82) is 0 Å². The molecule has 2 aliphatic heterocycles. The Balaban J connectivity index is 1.36. The molecule has 1 saturated heterocycles. The van der Waals surface area contributed by atoms with E-state index in [1.807, 2.05) is 22.9 Å².